The van der Waals surface area contributed by atoms with E-state index in [9.17, 15) is 4.79 Å². The molecule has 0 aromatic carbocycles. The first-order chi connectivity index (χ1) is 7.58. The molecule has 0 aliphatic rings. The van der Waals surface area contributed by atoms with Crippen molar-refractivity contribution in [2.45, 2.75) is 39.7 Å². The zero-order valence-electron chi connectivity index (χ0n) is 10.1. The molecular formula is C13H18BrNO. The molecule has 0 aliphatic heterocycles. The van der Waals surface area contributed by atoms with E-state index in [1.165, 1.54) is 5.69 Å². The monoisotopic (exact) mass is 283 g/mol. The molecule has 1 aromatic heterocycles. The van der Waals surface area contributed by atoms with Gasteiger partial charge in [0.25, 0.3) is 0 Å². The average Bonchev–Trinajstić information content (AvgIpc) is 2.50. The van der Waals surface area contributed by atoms with Gasteiger partial charge < -0.3 is 4.57 Å². The van der Waals surface area contributed by atoms with Gasteiger partial charge in [-0.05, 0) is 35.2 Å². The SMILES string of the molecule is C=CCn1c(C)c(C=O)c(Br)c1C(C)CC. The predicted molar refractivity (Wildman–Crippen MR) is 71.2 cm³/mol. The highest BCUT2D eigenvalue weighted by atomic mass is 79.9. The summed E-state index contributed by atoms with van der Waals surface area (Å²) in [5, 5.41) is 0. The molecule has 1 unspecified atom stereocenters. The number of hydrogen-bond acceptors (Lipinski definition) is 1. The first-order valence-electron chi connectivity index (χ1n) is 5.52. The van der Waals surface area contributed by atoms with Gasteiger partial charge in [0.1, 0.15) is 0 Å². The maximum absolute atomic E-state index is 11.1. The Kier molecular flexibility index (Phi) is 4.54. The molecule has 0 fully saturated rings. The van der Waals surface area contributed by atoms with E-state index in [1.807, 2.05) is 13.0 Å². The van der Waals surface area contributed by atoms with Crippen molar-refractivity contribution in [3.05, 3.63) is 34.1 Å². The molecule has 1 aromatic rings. The van der Waals surface area contributed by atoms with Crippen LogP contribution in [-0.4, -0.2) is 10.9 Å². The van der Waals surface area contributed by atoms with Crippen molar-refractivity contribution in [3.8, 4) is 0 Å². The van der Waals surface area contributed by atoms with Crippen LogP contribution in [0.25, 0.3) is 0 Å². The summed E-state index contributed by atoms with van der Waals surface area (Å²) in [7, 11) is 0. The number of carbonyl (C=O) groups is 1. The number of hydrogen-bond donors (Lipinski definition) is 0. The first-order valence-corrected chi connectivity index (χ1v) is 6.32. The number of nitrogens with zero attached hydrogens (tertiary/aromatic N) is 1. The third-order valence-corrected chi connectivity index (χ3v) is 3.89. The van der Waals surface area contributed by atoms with E-state index < -0.39 is 0 Å². The van der Waals surface area contributed by atoms with Gasteiger partial charge in [-0.1, -0.05) is 19.9 Å². The number of allylic oxidation sites excluding steroid dienone is 1. The standard InChI is InChI=1S/C13H18BrNO/c1-5-7-15-10(4)11(8-16)12(14)13(15)9(3)6-2/h5,8-9H,1,6-7H2,2-4H3. The molecule has 0 N–H and O–H groups in total. The van der Waals surface area contributed by atoms with Gasteiger partial charge in [0, 0.05) is 28.0 Å². The molecule has 0 bridgehead atoms. The summed E-state index contributed by atoms with van der Waals surface area (Å²) in [5.74, 6) is 0.432. The third-order valence-electron chi connectivity index (χ3n) is 3.06. The Morgan fingerprint density at radius 2 is 2.19 bits per heavy atom. The Morgan fingerprint density at radius 1 is 1.56 bits per heavy atom. The van der Waals surface area contributed by atoms with Crippen LogP contribution < -0.4 is 0 Å². The van der Waals surface area contributed by atoms with Crippen LogP contribution in [0.15, 0.2) is 17.1 Å². The van der Waals surface area contributed by atoms with Crippen molar-refractivity contribution in [1.82, 2.24) is 4.57 Å². The number of aldehydes is 1. The Labute approximate surface area is 105 Å². The van der Waals surface area contributed by atoms with Crippen molar-refractivity contribution in [2.75, 3.05) is 0 Å². The molecule has 0 saturated heterocycles. The Bertz CT molecular complexity index is 407. The van der Waals surface area contributed by atoms with E-state index in [1.54, 1.807) is 0 Å². The van der Waals surface area contributed by atoms with E-state index in [0.717, 1.165) is 35.0 Å². The highest BCUT2D eigenvalue weighted by Gasteiger charge is 2.20. The summed E-state index contributed by atoms with van der Waals surface area (Å²) >= 11 is 3.54. The lowest BCUT2D eigenvalue weighted by Crippen LogP contribution is -2.06. The normalized spacial score (nSPS) is 12.5. The summed E-state index contributed by atoms with van der Waals surface area (Å²) in [5.41, 5.74) is 2.97. The smallest absolute Gasteiger partial charge is 0.153 e. The molecule has 0 saturated carbocycles. The van der Waals surface area contributed by atoms with Gasteiger partial charge in [-0.25, -0.2) is 0 Å². The average molecular weight is 284 g/mol. The maximum atomic E-state index is 11.1. The Morgan fingerprint density at radius 3 is 2.62 bits per heavy atom. The minimum Gasteiger partial charge on any atom is -0.343 e. The van der Waals surface area contributed by atoms with Gasteiger partial charge >= 0.3 is 0 Å². The van der Waals surface area contributed by atoms with Crippen molar-refractivity contribution < 1.29 is 4.79 Å². The van der Waals surface area contributed by atoms with Gasteiger partial charge in [0.05, 0.1) is 0 Å². The van der Waals surface area contributed by atoms with Gasteiger partial charge in [0.2, 0.25) is 0 Å². The van der Waals surface area contributed by atoms with Crippen LogP contribution in [0.3, 0.4) is 0 Å². The van der Waals surface area contributed by atoms with E-state index in [0.29, 0.717) is 5.92 Å². The second-order valence-corrected chi connectivity index (χ2v) is 4.82. The second-order valence-electron chi connectivity index (χ2n) is 4.02. The molecule has 2 nitrogen and oxygen atoms in total. The van der Waals surface area contributed by atoms with Crippen LogP contribution in [-0.2, 0) is 6.54 Å². The van der Waals surface area contributed by atoms with Crippen LogP contribution in [0.1, 0.15) is 47.9 Å². The van der Waals surface area contributed by atoms with E-state index in [-0.39, 0.29) is 0 Å². The summed E-state index contributed by atoms with van der Waals surface area (Å²) in [4.78, 5) is 11.1. The van der Waals surface area contributed by atoms with Crippen LogP contribution >= 0.6 is 15.9 Å². The molecule has 3 heteroatoms. The van der Waals surface area contributed by atoms with E-state index >= 15 is 0 Å². The Balaban J connectivity index is 3.42. The molecule has 0 radical (unpaired) electrons. The molecule has 88 valence electrons. The zero-order chi connectivity index (χ0) is 12.3. The predicted octanol–water partition coefficient (Wildman–Crippen LogP) is 4.07. The highest BCUT2D eigenvalue weighted by Crippen LogP contribution is 2.33. The number of rotatable bonds is 5. The third kappa shape index (κ3) is 2.14. The van der Waals surface area contributed by atoms with Crippen LogP contribution in [0.4, 0.5) is 0 Å². The second kappa shape index (κ2) is 5.48. The fourth-order valence-electron chi connectivity index (χ4n) is 1.92. The van der Waals surface area contributed by atoms with Crippen molar-refractivity contribution in [2.24, 2.45) is 0 Å². The lowest BCUT2D eigenvalue weighted by atomic mass is 10.0. The summed E-state index contributed by atoms with van der Waals surface area (Å²) < 4.78 is 3.10. The molecule has 0 spiro atoms. The van der Waals surface area contributed by atoms with E-state index in [2.05, 4.69) is 40.9 Å². The van der Waals surface area contributed by atoms with Gasteiger partial charge in [-0.2, -0.15) is 0 Å². The zero-order valence-corrected chi connectivity index (χ0v) is 11.7. The number of aromatic nitrogens is 1. The van der Waals surface area contributed by atoms with E-state index in [4.69, 9.17) is 0 Å². The quantitative estimate of drug-likeness (QED) is 0.590. The molecule has 16 heavy (non-hydrogen) atoms. The van der Waals surface area contributed by atoms with Crippen LogP contribution in [0, 0.1) is 6.92 Å². The van der Waals surface area contributed by atoms with Gasteiger partial charge in [0.15, 0.2) is 6.29 Å². The van der Waals surface area contributed by atoms with Gasteiger partial charge in [-0.3, -0.25) is 4.79 Å². The van der Waals surface area contributed by atoms with Gasteiger partial charge in [-0.15, -0.1) is 6.58 Å². The molecule has 1 atom stereocenters. The fourth-order valence-corrected chi connectivity index (χ4v) is 2.90. The molecule has 1 heterocycles. The molecule has 0 amide bonds. The largest absolute Gasteiger partial charge is 0.343 e. The number of halogens is 1. The molecule has 0 aliphatic carbocycles. The lowest BCUT2D eigenvalue weighted by Gasteiger charge is -2.14. The van der Waals surface area contributed by atoms with Crippen molar-refractivity contribution in [3.63, 3.8) is 0 Å². The van der Waals surface area contributed by atoms with Crippen LogP contribution in [0.2, 0.25) is 0 Å². The Hall–Kier alpha value is -0.830. The lowest BCUT2D eigenvalue weighted by molar-refractivity contribution is 0.112. The van der Waals surface area contributed by atoms with Crippen molar-refractivity contribution in [1.29, 1.82) is 0 Å². The summed E-state index contributed by atoms with van der Waals surface area (Å²) in [6, 6.07) is 0. The first kappa shape index (κ1) is 13.2. The molecule has 1 rings (SSSR count). The fraction of sp³-hybridized carbons (Fsp3) is 0.462. The molecular weight excluding hydrogens is 266 g/mol. The highest BCUT2D eigenvalue weighted by molar-refractivity contribution is 9.10. The summed E-state index contributed by atoms with van der Waals surface area (Å²) in [6.45, 7) is 10.8. The summed E-state index contributed by atoms with van der Waals surface area (Å²) in [6.07, 6.45) is 3.84. The van der Waals surface area contributed by atoms with Crippen LogP contribution in [0.5, 0.6) is 0 Å². The van der Waals surface area contributed by atoms with Crippen molar-refractivity contribution >= 4 is 22.2 Å². The topological polar surface area (TPSA) is 22.0 Å². The number of carbonyl (C=O) groups excluding carboxylic acids is 1. The minimum atomic E-state index is 0.432. The maximum Gasteiger partial charge on any atom is 0.153 e. The minimum absolute atomic E-state index is 0.432.